The van der Waals surface area contributed by atoms with Crippen LogP contribution in [0, 0.1) is 0 Å². The lowest BCUT2D eigenvalue weighted by Gasteiger charge is -2.15. The molecule has 0 aromatic rings. The van der Waals surface area contributed by atoms with Gasteiger partial charge in [-0.2, -0.15) is 0 Å². The van der Waals surface area contributed by atoms with Gasteiger partial charge < -0.3 is 10.1 Å². The first kappa shape index (κ1) is 11.2. The molecule has 0 fully saturated rings. The quantitative estimate of drug-likeness (QED) is 0.653. The van der Waals surface area contributed by atoms with Gasteiger partial charge in [0.25, 0.3) is 0 Å². The minimum Gasteiger partial charge on any atom is -0.492 e. The van der Waals surface area contributed by atoms with Crippen molar-refractivity contribution in [2.24, 2.45) is 0 Å². The van der Waals surface area contributed by atoms with Crippen LogP contribution in [-0.2, 0) is 19.1 Å². The van der Waals surface area contributed by atoms with Crippen LogP contribution in [-0.4, -0.2) is 24.6 Å². The van der Waals surface area contributed by atoms with Gasteiger partial charge >= 0.3 is 0 Å². The van der Waals surface area contributed by atoms with E-state index in [2.05, 4.69) is 5.32 Å². The summed E-state index contributed by atoms with van der Waals surface area (Å²) in [6.07, 6.45) is 1.07. The van der Waals surface area contributed by atoms with Crippen molar-refractivity contribution in [3.63, 3.8) is 0 Å². The maximum atomic E-state index is 11.6. The van der Waals surface area contributed by atoms with Gasteiger partial charge in [-0.15, -0.1) is 0 Å². The van der Waals surface area contributed by atoms with Crippen LogP contribution >= 0.6 is 0 Å². The van der Waals surface area contributed by atoms with E-state index in [0.29, 0.717) is 0 Å². The Morgan fingerprint density at radius 1 is 1.40 bits per heavy atom. The molecule has 0 unspecified atom stereocenters. The second kappa shape index (κ2) is 4.08. The highest BCUT2D eigenvalue weighted by Crippen LogP contribution is 2.17. The van der Waals surface area contributed by atoms with Crippen LogP contribution in [0.5, 0.6) is 0 Å². The number of hydrogen-bond acceptors (Lipinski definition) is 4. The molecule has 0 spiro atoms. The number of allylic oxidation sites excluding steroid dienone is 2. The normalized spacial score (nSPS) is 16.3. The van der Waals surface area contributed by atoms with Crippen LogP contribution in [0.4, 0.5) is 0 Å². The molecule has 1 aliphatic rings. The predicted octanol–water partition coefficient (Wildman–Crippen LogP) is 0.0786. The van der Waals surface area contributed by atoms with E-state index in [0.717, 1.165) is 6.08 Å². The molecule has 0 radical (unpaired) electrons. The molecule has 0 atom stereocenters. The van der Waals surface area contributed by atoms with Crippen molar-refractivity contribution in [3.8, 4) is 0 Å². The van der Waals surface area contributed by atoms with Gasteiger partial charge in [-0.05, 0) is 6.92 Å². The summed E-state index contributed by atoms with van der Waals surface area (Å²) >= 11 is 0. The molecule has 0 aromatic heterocycles. The summed E-state index contributed by atoms with van der Waals surface area (Å²) in [5, 5.41) is 2.30. The summed E-state index contributed by atoms with van der Waals surface area (Å²) in [7, 11) is 1.32. The van der Waals surface area contributed by atoms with Crippen molar-refractivity contribution in [1.29, 1.82) is 0 Å². The summed E-state index contributed by atoms with van der Waals surface area (Å²) in [4.78, 5) is 33.8. The number of carbonyl (C=O) groups excluding carboxylic acids is 3. The van der Waals surface area contributed by atoms with Crippen molar-refractivity contribution >= 4 is 17.5 Å². The average molecular weight is 209 g/mol. The Balaban J connectivity index is 3.05. The van der Waals surface area contributed by atoms with E-state index in [9.17, 15) is 14.4 Å². The SMILES string of the molecule is COC1=C(C)C(=O)C(NC(C)=O)=CC1=O. The fraction of sp³-hybridized carbons (Fsp3) is 0.300. The van der Waals surface area contributed by atoms with Crippen molar-refractivity contribution < 1.29 is 19.1 Å². The Labute approximate surface area is 86.8 Å². The van der Waals surface area contributed by atoms with E-state index in [4.69, 9.17) is 4.74 Å². The Kier molecular flexibility index (Phi) is 3.04. The van der Waals surface area contributed by atoms with Crippen LogP contribution in [0.3, 0.4) is 0 Å². The van der Waals surface area contributed by atoms with Crippen LogP contribution in [0.15, 0.2) is 23.1 Å². The van der Waals surface area contributed by atoms with Gasteiger partial charge in [-0.1, -0.05) is 0 Å². The predicted molar refractivity (Wildman–Crippen MR) is 51.6 cm³/mol. The number of ketones is 2. The molecule has 0 aliphatic heterocycles. The monoisotopic (exact) mass is 209 g/mol. The number of methoxy groups -OCH3 is 1. The van der Waals surface area contributed by atoms with Crippen molar-refractivity contribution in [1.82, 2.24) is 5.32 Å². The zero-order valence-corrected chi connectivity index (χ0v) is 8.71. The van der Waals surface area contributed by atoms with Gasteiger partial charge in [0, 0.05) is 18.6 Å². The molecule has 1 rings (SSSR count). The maximum absolute atomic E-state index is 11.6. The highest BCUT2D eigenvalue weighted by molar-refractivity contribution is 6.22. The highest BCUT2D eigenvalue weighted by Gasteiger charge is 2.26. The summed E-state index contributed by atoms with van der Waals surface area (Å²) in [5.74, 6) is -1.19. The van der Waals surface area contributed by atoms with Crippen molar-refractivity contribution in [3.05, 3.63) is 23.1 Å². The van der Waals surface area contributed by atoms with Crippen molar-refractivity contribution in [2.75, 3.05) is 7.11 Å². The number of ether oxygens (including phenoxy) is 1. The summed E-state index contributed by atoms with van der Waals surface area (Å²) in [6.45, 7) is 2.75. The first-order chi connectivity index (χ1) is 6.97. The van der Waals surface area contributed by atoms with E-state index < -0.39 is 17.5 Å². The molecule has 0 aromatic carbocycles. The van der Waals surface area contributed by atoms with E-state index in [-0.39, 0.29) is 17.0 Å². The minimum absolute atomic E-state index is 0.00852. The van der Waals surface area contributed by atoms with E-state index >= 15 is 0 Å². The Hall–Kier alpha value is -1.91. The number of rotatable bonds is 2. The topological polar surface area (TPSA) is 72.5 Å². The number of Topliss-reactive ketones (excluding diaryl/α,β-unsaturated/α-hetero) is 1. The molecule has 5 nitrogen and oxygen atoms in total. The van der Waals surface area contributed by atoms with Crippen LogP contribution in [0.1, 0.15) is 13.8 Å². The molecule has 5 heteroatoms. The van der Waals surface area contributed by atoms with Gasteiger partial charge in [-0.3, -0.25) is 14.4 Å². The molecule has 15 heavy (non-hydrogen) atoms. The minimum atomic E-state index is -0.418. The zero-order valence-electron chi connectivity index (χ0n) is 8.71. The Morgan fingerprint density at radius 2 is 2.00 bits per heavy atom. The van der Waals surface area contributed by atoms with E-state index in [1.807, 2.05) is 0 Å². The highest BCUT2D eigenvalue weighted by atomic mass is 16.5. The molecular weight excluding hydrogens is 198 g/mol. The lowest BCUT2D eigenvalue weighted by Crippen LogP contribution is -2.30. The standard InChI is InChI=1S/C10H11NO4/c1-5-9(14)7(11-6(2)12)4-8(13)10(5)15-3/h4H,1-3H3,(H,11,12). The second-order valence-electron chi connectivity index (χ2n) is 3.09. The third kappa shape index (κ3) is 2.12. The molecular formula is C10H11NO4. The third-order valence-electron chi connectivity index (χ3n) is 1.94. The zero-order chi connectivity index (χ0) is 11.6. The maximum Gasteiger partial charge on any atom is 0.222 e. The number of amides is 1. The summed E-state index contributed by atoms with van der Waals surface area (Å²) in [5.41, 5.74) is 0.194. The molecule has 0 heterocycles. The molecule has 0 saturated carbocycles. The lowest BCUT2D eigenvalue weighted by atomic mass is 10.00. The van der Waals surface area contributed by atoms with E-state index in [1.165, 1.54) is 21.0 Å². The lowest BCUT2D eigenvalue weighted by molar-refractivity contribution is -0.121. The fourth-order valence-electron chi connectivity index (χ4n) is 1.29. The second-order valence-corrected chi connectivity index (χ2v) is 3.09. The van der Waals surface area contributed by atoms with E-state index in [1.54, 1.807) is 0 Å². The Morgan fingerprint density at radius 3 is 2.47 bits per heavy atom. The van der Waals surface area contributed by atoms with Gasteiger partial charge in [0.05, 0.1) is 12.8 Å². The van der Waals surface area contributed by atoms with Crippen LogP contribution in [0.2, 0.25) is 0 Å². The van der Waals surface area contributed by atoms with Gasteiger partial charge in [0.2, 0.25) is 17.5 Å². The summed E-state index contributed by atoms with van der Waals surface area (Å²) < 4.78 is 4.79. The van der Waals surface area contributed by atoms with Gasteiger partial charge in [0.1, 0.15) is 0 Å². The smallest absolute Gasteiger partial charge is 0.222 e. The fourth-order valence-corrected chi connectivity index (χ4v) is 1.29. The third-order valence-corrected chi connectivity index (χ3v) is 1.94. The molecule has 80 valence electrons. The van der Waals surface area contributed by atoms with Gasteiger partial charge in [-0.25, -0.2) is 0 Å². The van der Waals surface area contributed by atoms with Crippen LogP contribution in [0.25, 0.3) is 0 Å². The number of carbonyl (C=O) groups is 3. The van der Waals surface area contributed by atoms with Gasteiger partial charge in [0.15, 0.2) is 5.76 Å². The molecule has 0 saturated heterocycles. The first-order valence-corrected chi connectivity index (χ1v) is 4.30. The Bertz CT molecular complexity index is 404. The first-order valence-electron chi connectivity index (χ1n) is 4.30. The molecule has 1 aliphatic carbocycles. The van der Waals surface area contributed by atoms with Crippen LogP contribution < -0.4 is 5.32 Å². The largest absolute Gasteiger partial charge is 0.492 e. The number of hydrogen-bond donors (Lipinski definition) is 1. The average Bonchev–Trinajstić information content (AvgIpc) is 2.14. The molecule has 1 amide bonds. The summed E-state index contributed by atoms with van der Waals surface area (Å²) in [6, 6.07) is 0. The van der Waals surface area contributed by atoms with Crippen molar-refractivity contribution in [2.45, 2.75) is 13.8 Å². The molecule has 0 bridgehead atoms. The molecule has 1 N–H and O–H groups in total. The number of nitrogens with one attached hydrogen (secondary N) is 1.